The zero-order valence-corrected chi connectivity index (χ0v) is 14.4. The van der Waals surface area contributed by atoms with Gasteiger partial charge in [0.15, 0.2) is 0 Å². The highest BCUT2D eigenvalue weighted by molar-refractivity contribution is 5.43. The zero-order valence-electron chi connectivity index (χ0n) is 14.4. The van der Waals surface area contributed by atoms with E-state index in [9.17, 15) is 4.39 Å². The second-order valence-electron chi connectivity index (χ2n) is 6.68. The van der Waals surface area contributed by atoms with Crippen molar-refractivity contribution in [2.24, 2.45) is 0 Å². The minimum atomic E-state index is -0.191. The molecule has 130 valence electrons. The summed E-state index contributed by atoms with van der Waals surface area (Å²) in [5, 5.41) is 3.52. The van der Waals surface area contributed by atoms with E-state index in [4.69, 9.17) is 0 Å². The molecule has 0 aliphatic carbocycles. The Balaban J connectivity index is 1.51. The van der Waals surface area contributed by atoms with Crippen molar-refractivity contribution < 1.29 is 4.39 Å². The molecule has 1 fully saturated rings. The number of H-pyrrole nitrogens is 1. The minimum absolute atomic E-state index is 0.191. The summed E-state index contributed by atoms with van der Waals surface area (Å²) in [4.78, 5) is 10.4. The number of hydrogen-bond donors (Lipinski definition) is 2. The van der Waals surface area contributed by atoms with E-state index in [1.807, 2.05) is 18.3 Å². The number of unbranched alkanes of at least 4 members (excludes halogenated alkanes) is 1. The third kappa shape index (κ3) is 4.81. The highest BCUT2D eigenvalue weighted by Crippen LogP contribution is 2.18. The number of likely N-dealkylation sites (tertiary alicyclic amines) is 1. The molecule has 1 aromatic carbocycles. The molecular formula is C19H27FN4. The van der Waals surface area contributed by atoms with Crippen LogP contribution in [0.1, 0.15) is 44.1 Å². The number of nitrogens with zero attached hydrogens (tertiary/aromatic N) is 2. The van der Waals surface area contributed by atoms with Crippen LogP contribution in [-0.2, 0) is 13.0 Å². The number of nitrogens with one attached hydrogen (secondary N) is 2. The van der Waals surface area contributed by atoms with Gasteiger partial charge in [0, 0.05) is 43.1 Å². The molecular weight excluding hydrogens is 303 g/mol. The number of aromatic amines is 1. The molecule has 3 rings (SSSR count). The molecule has 2 aromatic rings. The number of benzene rings is 1. The average Bonchev–Trinajstić information content (AvgIpc) is 3.03. The van der Waals surface area contributed by atoms with Crippen LogP contribution in [-0.4, -0.2) is 34.0 Å². The fourth-order valence-corrected chi connectivity index (χ4v) is 3.30. The maximum Gasteiger partial charge on any atom is 0.123 e. The van der Waals surface area contributed by atoms with Gasteiger partial charge in [0.2, 0.25) is 0 Å². The van der Waals surface area contributed by atoms with Crippen molar-refractivity contribution in [1.82, 2.24) is 14.9 Å². The molecule has 1 saturated heterocycles. The number of piperidine rings is 1. The molecule has 0 bridgehead atoms. The van der Waals surface area contributed by atoms with Crippen LogP contribution in [0.2, 0.25) is 0 Å². The summed E-state index contributed by atoms with van der Waals surface area (Å²) < 4.78 is 13.0. The van der Waals surface area contributed by atoms with Crippen LogP contribution >= 0.6 is 0 Å². The Bertz CT molecular complexity index is 623. The van der Waals surface area contributed by atoms with Crippen molar-refractivity contribution in [2.45, 2.75) is 51.6 Å². The number of aryl methyl sites for hydroxylation is 1. The van der Waals surface area contributed by atoms with Gasteiger partial charge in [0.1, 0.15) is 11.6 Å². The van der Waals surface area contributed by atoms with E-state index in [-0.39, 0.29) is 5.82 Å². The van der Waals surface area contributed by atoms with Gasteiger partial charge in [0.25, 0.3) is 0 Å². The van der Waals surface area contributed by atoms with Gasteiger partial charge in [-0.3, -0.25) is 4.90 Å². The molecule has 1 aromatic heterocycles. The number of rotatable bonds is 7. The van der Waals surface area contributed by atoms with Crippen molar-refractivity contribution >= 4 is 5.69 Å². The number of halogens is 1. The first-order valence-electron chi connectivity index (χ1n) is 9.00. The van der Waals surface area contributed by atoms with E-state index >= 15 is 0 Å². The van der Waals surface area contributed by atoms with E-state index in [0.717, 1.165) is 44.0 Å². The van der Waals surface area contributed by atoms with Gasteiger partial charge in [-0.25, -0.2) is 9.37 Å². The summed E-state index contributed by atoms with van der Waals surface area (Å²) in [7, 11) is 0. The highest BCUT2D eigenvalue weighted by atomic mass is 19.1. The molecule has 1 aliphatic rings. The predicted molar refractivity (Wildman–Crippen MR) is 95.5 cm³/mol. The molecule has 24 heavy (non-hydrogen) atoms. The largest absolute Gasteiger partial charge is 0.381 e. The van der Waals surface area contributed by atoms with E-state index < -0.39 is 0 Å². The molecule has 1 atom stereocenters. The Labute approximate surface area is 143 Å². The van der Waals surface area contributed by atoms with Gasteiger partial charge in [-0.1, -0.05) is 13.3 Å². The van der Waals surface area contributed by atoms with Crippen LogP contribution in [0.4, 0.5) is 10.1 Å². The average molecular weight is 330 g/mol. The van der Waals surface area contributed by atoms with Gasteiger partial charge < -0.3 is 10.3 Å². The van der Waals surface area contributed by atoms with Gasteiger partial charge in [-0.05, 0) is 50.1 Å². The monoisotopic (exact) mass is 330 g/mol. The quantitative estimate of drug-likeness (QED) is 0.807. The van der Waals surface area contributed by atoms with Gasteiger partial charge in [0.05, 0.1) is 0 Å². The SMILES string of the molecule is CCCCc1ncc(CN2CCC[C@@H](Nc3ccc(F)cc3)C2)[nH]1. The van der Waals surface area contributed by atoms with Gasteiger partial charge in [-0.15, -0.1) is 0 Å². The Morgan fingerprint density at radius 3 is 2.96 bits per heavy atom. The van der Waals surface area contributed by atoms with Crippen LogP contribution < -0.4 is 5.32 Å². The van der Waals surface area contributed by atoms with Gasteiger partial charge in [-0.2, -0.15) is 0 Å². The first-order valence-corrected chi connectivity index (χ1v) is 9.00. The van der Waals surface area contributed by atoms with Crippen molar-refractivity contribution in [3.63, 3.8) is 0 Å². The van der Waals surface area contributed by atoms with Crippen LogP contribution in [0.25, 0.3) is 0 Å². The van der Waals surface area contributed by atoms with E-state index in [0.29, 0.717) is 6.04 Å². The molecule has 0 spiro atoms. The molecule has 0 radical (unpaired) electrons. The first kappa shape index (κ1) is 17.0. The van der Waals surface area contributed by atoms with Crippen molar-refractivity contribution in [3.8, 4) is 0 Å². The number of aromatic nitrogens is 2. The molecule has 2 N–H and O–H groups in total. The predicted octanol–water partition coefficient (Wildman–Crippen LogP) is 3.97. The second kappa shape index (κ2) is 8.29. The summed E-state index contributed by atoms with van der Waals surface area (Å²) in [6.45, 7) is 5.23. The summed E-state index contributed by atoms with van der Waals surface area (Å²) >= 11 is 0. The number of imidazole rings is 1. The second-order valence-corrected chi connectivity index (χ2v) is 6.68. The summed E-state index contributed by atoms with van der Waals surface area (Å²) in [5.41, 5.74) is 2.19. The lowest BCUT2D eigenvalue weighted by Gasteiger charge is -2.33. The maximum atomic E-state index is 13.0. The maximum absolute atomic E-state index is 13.0. The van der Waals surface area contributed by atoms with Crippen LogP contribution in [0.3, 0.4) is 0 Å². The highest BCUT2D eigenvalue weighted by Gasteiger charge is 2.20. The first-order chi connectivity index (χ1) is 11.7. The molecule has 0 saturated carbocycles. The van der Waals surface area contributed by atoms with E-state index in [1.165, 1.54) is 37.1 Å². The van der Waals surface area contributed by atoms with Crippen LogP contribution in [0.15, 0.2) is 30.5 Å². The molecule has 5 heteroatoms. The van der Waals surface area contributed by atoms with Crippen LogP contribution in [0, 0.1) is 5.82 Å². The standard InChI is InChI=1S/C19H27FN4/c1-2-3-6-19-21-12-18(23-19)14-24-11-4-5-17(13-24)22-16-9-7-15(20)8-10-16/h7-10,12,17,22H,2-6,11,13-14H2,1H3,(H,21,23)/t17-/m1/s1. The smallest absolute Gasteiger partial charge is 0.123 e. The normalized spacial score (nSPS) is 18.7. The lowest BCUT2D eigenvalue weighted by atomic mass is 10.1. The third-order valence-electron chi connectivity index (χ3n) is 4.56. The van der Waals surface area contributed by atoms with E-state index in [1.54, 1.807) is 0 Å². The third-order valence-corrected chi connectivity index (χ3v) is 4.56. The van der Waals surface area contributed by atoms with Crippen molar-refractivity contribution in [2.75, 3.05) is 18.4 Å². The summed E-state index contributed by atoms with van der Waals surface area (Å²) in [5.74, 6) is 0.911. The van der Waals surface area contributed by atoms with Crippen molar-refractivity contribution in [1.29, 1.82) is 0 Å². The summed E-state index contributed by atoms with van der Waals surface area (Å²) in [6.07, 6.45) is 7.71. The molecule has 1 aliphatic heterocycles. The Kier molecular flexibility index (Phi) is 5.86. The number of hydrogen-bond acceptors (Lipinski definition) is 3. The lowest BCUT2D eigenvalue weighted by Crippen LogP contribution is -2.41. The molecule has 0 unspecified atom stereocenters. The molecule has 2 heterocycles. The fraction of sp³-hybridized carbons (Fsp3) is 0.526. The summed E-state index contributed by atoms with van der Waals surface area (Å²) in [6, 6.07) is 7.04. The topological polar surface area (TPSA) is 44.0 Å². The number of anilines is 1. The van der Waals surface area contributed by atoms with Crippen molar-refractivity contribution in [3.05, 3.63) is 47.8 Å². The Hall–Kier alpha value is -1.88. The Morgan fingerprint density at radius 2 is 2.17 bits per heavy atom. The minimum Gasteiger partial charge on any atom is -0.381 e. The lowest BCUT2D eigenvalue weighted by molar-refractivity contribution is 0.206. The van der Waals surface area contributed by atoms with Crippen LogP contribution in [0.5, 0.6) is 0 Å². The van der Waals surface area contributed by atoms with Gasteiger partial charge >= 0.3 is 0 Å². The zero-order chi connectivity index (χ0) is 16.8. The fourth-order valence-electron chi connectivity index (χ4n) is 3.30. The molecule has 4 nitrogen and oxygen atoms in total. The van der Waals surface area contributed by atoms with E-state index in [2.05, 4.69) is 27.1 Å². The molecule has 0 amide bonds. The Morgan fingerprint density at radius 1 is 1.33 bits per heavy atom.